The Morgan fingerprint density at radius 2 is 2.12 bits per heavy atom. The lowest BCUT2D eigenvalue weighted by molar-refractivity contribution is 0.530. The Labute approximate surface area is 103 Å². The second kappa shape index (κ2) is 4.72. The van der Waals surface area contributed by atoms with Crippen molar-refractivity contribution in [2.75, 3.05) is 5.32 Å². The van der Waals surface area contributed by atoms with Gasteiger partial charge < -0.3 is 9.73 Å². The lowest BCUT2D eigenvalue weighted by Crippen LogP contribution is -2.00. The van der Waals surface area contributed by atoms with E-state index in [-0.39, 0.29) is 0 Å². The van der Waals surface area contributed by atoms with Gasteiger partial charge in [-0.1, -0.05) is 40.4 Å². The van der Waals surface area contributed by atoms with Crippen LogP contribution in [-0.4, -0.2) is 10.2 Å². The molecular weight excluding hydrogens is 249 g/mol. The normalized spacial score (nSPS) is 10.4. The van der Waals surface area contributed by atoms with E-state index in [2.05, 4.69) is 15.5 Å². The van der Waals surface area contributed by atoms with Crippen molar-refractivity contribution in [3.05, 3.63) is 39.7 Å². The number of nitrogens with zero attached hydrogens (tertiary/aromatic N) is 2. The molecule has 2 aromatic rings. The molecule has 0 fully saturated rings. The average Bonchev–Trinajstić information content (AvgIpc) is 2.67. The number of aryl methyl sites for hydroxylation is 1. The van der Waals surface area contributed by atoms with Crippen LogP contribution >= 0.6 is 23.2 Å². The molecule has 0 saturated carbocycles. The topological polar surface area (TPSA) is 51.0 Å². The summed E-state index contributed by atoms with van der Waals surface area (Å²) < 4.78 is 5.17. The lowest BCUT2D eigenvalue weighted by Gasteiger charge is -2.05. The predicted molar refractivity (Wildman–Crippen MR) is 62.8 cm³/mol. The maximum Gasteiger partial charge on any atom is 0.315 e. The standard InChI is InChI=1S/C10H9Cl2N3O/c1-6-14-15-10(16-6)13-5-7-3-2-4-8(11)9(7)12/h2-4H,5H2,1H3,(H,13,15). The summed E-state index contributed by atoms with van der Waals surface area (Å²) in [5.74, 6) is 0.514. The van der Waals surface area contributed by atoms with Crippen molar-refractivity contribution in [3.63, 3.8) is 0 Å². The van der Waals surface area contributed by atoms with Crippen LogP contribution in [0.2, 0.25) is 10.0 Å². The van der Waals surface area contributed by atoms with Crippen molar-refractivity contribution >= 4 is 29.2 Å². The average molecular weight is 258 g/mol. The van der Waals surface area contributed by atoms with Crippen LogP contribution < -0.4 is 5.32 Å². The van der Waals surface area contributed by atoms with Crippen LogP contribution in [0, 0.1) is 6.92 Å². The third-order valence-electron chi connectivity index (χ3n) is 1.99. The molecule has 0 spiro atoms. The second-order valence-electron chi connectivity index (χ2n) is 3.19. The van der Waals surface area contributed by atoms with Gasteiger partial charge in [-0.2, -0.15) is 0 Å². The number of hydrogen-bond acceptors (Lipinski definition) is 4. The summed E-state index contributed by atoms with van der Waals surface area (Å²) in [6.07, 6.45) is 0. The largest absolute Gasteiger partial charge is 0.408 e. The van der Waals surface area contributed by atoms with E-state index in [1.807, 2.05) is 12.1 Å². The Morgan fingerprint density at radius 1 is 1.31 bits per heavy atom. The fraction of sp³-hybridized carbons (Fsp3) is 0.200. The minimum atomic E-state index is 0.369. The Kier molecular flexibility index (Phi) is 3.31. The molecular formula is C10H9Cl2N3O. The summed E-state index contributed by atoms with van der Waals surface area (Å²) in [6.45, 7) is 2.21. The first-order valence-electron chi connectivity index (χ1n) is 4.63. The number of anilines is 1. The van der Waals surface area contributed by atoms with Crippen molar-refractivity contribution in [3.8, 4) is 0 Å². The zero-order valence-corrected chi connectivity index (χ0v) is 10.0. The smallest absolute Gasteiger partial charge is 0.315 e. The molecule has 2 rings (SSSR count). The first-order valence-corrected chi connectivity index (χ1v) is 5.39. The number of hydrogen-bond donors (Lipinski definition) is 1. The third-order valence-corrected chi connectivity index (χ3v) is 2.85. The molecule has 4 nitrogen and oxygen atoms in total. The molecule has 84 valence electrons. The Morgan fingerprint density at radius 3 is 2.81 bits per heavy atom. The molecule has 0 aliphatic carbocycles. The number of benzene rings is 1. The summed E-state index contributed by atoms with van der Waals surface area (Å²) >= 11 is 11.9. The molecule has 1 aromatic carbocycles. The molecule has 0 aliphatic rings. The van der Waals surface area contributed by atoms with E-state index in [0.29, 0.717) is 28.5 Å². The van der Waals surface area contributed by atoms with Gasteiger partial charge in [-0.3, -0.25) is 0 Å². The van der Waals surface area contributed by atoms with Crippen molar-refractivity contribution < 1.29 is 4.42 Å². The summed E-state index contributed by atoms with van der Waals surface area (Å²) in [5, 5.41) is 11.5. The zero-order chi connectivity index (χ0) is 11.5. The van der Waals surface area contributed by atoms with Crippen LogP contribution in [0.1, 0.15) is 11.5 Å². The fourth-order valence-electron chi connectivity index (χ4n) is 1.22. The molecule has 0 atom stereocenters. The molecule has 16 heavy (non-hydrogen) atoms. The summed E-state index contributed by atoms with van der Waals surface area (Å²) in [6, 6.07) is 5.83. The van der Waals surface area contributed by atoms with Crippen molar-refractivity contribution in [2.45, 2.75) is 13.5 Å². The Bertz CT molecular complexity index is 499. The quantitative estimate of drug-likeness (QED) is 0.917. The number of aromatic nitrogens is 2. The molecule has 0 unspecified atom stereocenters. The SMILES string of the molecule is Cc1nnc(NCc2cccc(Cl)c2Cl)o1. The third kappa shape index (κ3) is 2.46. The molecule has 1 heterocycles. The highest BCUT2D eigenvalue weighted by Gasteiger charge is 2.06. The molecule has 0 saturated heterocycles. The van der Waals surface area contributed by atoms with Gasteiger partial charge in [-0.25, -0.2) is 0 Å². The highest BCUT2D eigenvalue weighted by Crippen LogP contribution is 2.25. The molecule has 6 heteroatoms. The van der Waals surface area contributed by atoms with E-state index in [0.717, 1.165) is 5.56 Å². The van der Waals surface area contributed by atoms with Gasteiger partial charge in [-0.05, 0) is 11.6 Å². The maximum atomic E-state index is 6.03. The monoisotopic (exact) mass is 257 g/mol. The van der Waals surface area contributed by atoms with Crippen LogP contribution in [0.3, 0.4) is 0 Å². The maximum absolute atomic E-state index is 6.03. The number of rotatable bonds is 3. The molecule has 0 radical (unpaired) electrons. The van der Waals surface area contributed by atoms with E-state index in [1.54, 1.807) is 13.0 Å². The molecule has 0 amide bonds. The van der Waals surface area contributed by atoms with E-state index < -0.39 is 0 Å². The van der Waals surface area contributed by atoms with Gasteiger partial charge in [0, 0.05) is 13.5 Å². The minimum absolute atomic E-state index is 0.369. The van der Waals surface area contributed by atoms with Crippen LogP contribution in [0.15, 0.2) is 22.6 Å². The lowest BCUT2D eigenvalue weighted by atomic mass is 10.2. The minimum Gasteiger partial charge on any atom is -0.408 e. The van der Waals surface area contributed by atoms with E-state index in [1.165, 1.54) is 0 Å². The summed E-state index contributed by atoms with van der Waals surface area (Å²) in [7, 11) is 0. The highest BCUT2D eigenvalue weighted by atomic mass is 35.5. The van der Waals surface area contributed by atoms with Gasteiger partial charge in [0.1, 0.15) is 0 Å². The van der Waals surface area contributed by atoms with E-state index in [9.17, 15) is 0 Å². The molecule has 0 aliphatic heterocycles. The summed E-state index contributed by atoms with van der Waals surface area (Å²) in [5.41, 5.74) is 0.880. The van der Waals surface area contributed by atoms with Gasteiger partial charge in [0.2, 0.25) is 5.89 Å². The van der Waals surface area contributed by atoms with E-state index >= 15 is 0 Å². The van der Waals surface area contributed by atoms with Gasteiger partial charge in [0.05, 0.1) is 10.0 Å². The fourth-order valence-corrected chi connectivity index (χ4v) is 1.61. The van der Waals surface area contributed by atoms with E-state index in [4.69, 9.17) is 27.6 Å². The van der Waals surface area contributed by atoms with Crippen LogP contribution in [0.25, 0.3) is 0 Å². The predicted octanol–water partition coefficient (Wildman–Crippen LogP) is 3.30. The molecule has 1 aromatic heterocycles. The Hall–Kier alpha value is -1.26. The van der Waals surface area contributed by atoms with Crippen molar-refractivity contribution in [1.82, 2.24) is 10.2 Å². The van der Waals surface area contributed by atoms with Crippen molar-refractivity contribution in [1.29, 1.82) is 0 Å². The van der Waals surface area contributed by atoms with Gasteiger partial charge in [0.25, 0.3) is 0 Å². The van der Waals surface area contributed by atoms with Gasteiger partial charge in [-0.15, -0.1) is 5.10 Å². The van der Waals surface area contributed by atoms with Crippen molar-refractivity contribution in [2.24, 2.45) is 0 Å². The number of nitrogens with one attached hydrogen (secondary N) is 1. The van der Waals surface area contributed by atoms with Crippen LogP contribution in [-0.2, 0) is 6.54 Å². The summed E-state index contributed by atoms with van der Waals surface area (Å²) in [4.78, 5) is 0. The Balaban J connectivity index is 2.07. The number of halogens is 2. The van der Waals surface area contributed by atoms with Gasteiger partial charge >= 0.3 is 6.01 Å². The first-order chi connectivity index (χ1) is 7.66. The first kappa shape index (κ1) is 11.2. The highest BCUT2D eigenvalue weighted by molar-refractivity contribution is 6.42. The van der Waals surface area contributed by atoms with Crippen LogP contribution in [0.4, 0.5) is 6.01 Å². The van der Waals surface area contributed by atoms with Gasteiger partial charge in [0.15, 0.2) is 0 Å². The molecule has 0 bridgehead atoms. The van der Waals surface area contributed by atoms with Crippen LogP contribution in [0.5, 0.6) is 0 Å². The zero-order valence-electron chi connectivity index (χ0n) is 8.50. The second-order valence-corrected chi connectivity index (χ2v) is 3.98. The molecule has 1 N–H and O–H groups in total.